The van der Waals surface area contributed by atoms with Crippen LogP contribution in [0.4, 0.5) is 0 Å². The zero-order valence-corrected chi connectivity index (χ0v) is 16.6. The molecule has 150 valence electrons. The summed E-state index contributed by atoms with van der Waals surface area (Å²) in [6.07, 6.45) is 5.07. The van der Waals surface area contributed by atoms with Crippen LogP contribution in [0.15, 0.2) is 0 Å². The molecular weight excluding hydrogens is 340 g/mol. The van der Waals surface area contributed by atoms with Crippen molar-refractivity contribution in [2.75, 3.05) is 18.5 Å². The second kappa shape index (κ2) is 43.4. The van der Waals surface area contributed by atoms with E-state index in [1.54, 1.807) is 0 Å². The Balaban J connectivity index is -0.0000000149. The van der Waals surface area contributed by atoms with Gasteiger partial charge >= 0.3 is 0 Å². The van der Waals surface area contributed by atoms with Crippen LogP contribution in [0.2, 0.25) is 0 Å². The van der Waals surface area contributed by atoms with Crippen molar-refractivity contribution in [3.05, 3.63) is 0 Å². The van der Waals surface area contributed by atoms with Crippen LogP contribution >= 0.6 is 35.7 Å². The van der Waals surface area contributed by atoms with Crippen LogP contribution in [-0.4, -0.2) is 18.5 Å². The van der Waals surface area contributed by atoms with Crippen molar-refractivity contribution in [1.82, 2.24) is 0 Å². The van der Waals surface area contributed by atoms with Crippen LogP contribution in [0.25, 0.3) is 0 Å². The molecule has 0 aliphatic heterocycles. The average molecular weight is 399 g/mol. The summed E-state index contributed by atoms with van der Waals surface area (Å²) in [5.74, 6) is 0.847. The first-order valence-electron chi connectivity index (χ1n) is 6.08. The minimum Gasteiger partial charge on any atom is -0.138 e. The molecular formula is C18H58P4. The molecule has 4 heteroatoms. The van der Waals surface area contributed by atoms with Gasteiger partial charge in [-0.05, 0) is 29.8 Å². The largest absolute Gasteiger partial charge is 0.138 e. The van der Waals surface area contributed by atoms with E-state index in [4.69, 9.17) is 0 Å². The summed E-state index contributed by atoms with van der Waals surface area (Å²) >= 11 is 0. The molecule has 0 fully saturated rings. The van der Waals surface area contributed by atoms with Gasteiger partial charge in [0.15, 0.2) is 0 Å². The predicted octanol–water partition coefficient (Wildman–Crippen LogP) is 9.11. The van der Waals surface area contributed by atoms with Crippen LogP contribution in [0.1, 0.15) is 92.5 Å². The summed E-state index contributed by atoms with van der Waals surface area (Å²) in [5, 5.41) is 0. The van der Waals surface area contributed by atoms with Gasteiger partial charge < -0.3 is 0 Å². The lowest BCUT2D eigenvalue weighted by Crippen LogP contribution is -2.05. The Kier molecular flexibility index (Phi) is 111. The first kappa shape index (κ1) is 56.5. The first-order valence-corrected chi connectivity index (χ1v) is 10.7. The predicted molar refractivity (Wildman–Crippen MR) is 137 cm³/mol. The van der Waals surface area contributed by atoms with E-state index in [0.29, 0.717) is 5.41 Å². The van der Waals surface area contributed by atoms with Gasteiger partial charge in [-0.2, -0.15) is 0 Å². The lowest BCUT2D eigenvalue weighted by atomic mass is 10.0. The first-order chi connectivity index (χ1) is 7.24. The molecule has 0 aromatic heterocycles. The van der Waals surface area contributed by atoms with Crippen LogP contribution < -0.4 is 0 Å². The third kappa shape index (κ3) is 123. The minimum atomic E-state index is 0. The third-order valence-corrected chi connectivity index (χ3v) is 4.79. The molecule has 4 atom stereocenters. The SMILES string of the molecule is C.C.C.C.C.C.CC(C)(C)CPP.CC(C)CP.CCCP. The van der Waals surface area contributed by atoms with Gasteiger partial charge in [0.1, 0.15) is 0 Å². The normalized spacial score (nSPS) is 7.91. The van der Waals surface area contributed by atoms with Crippen LogP contribution in [0.5, 0.6) is 0 Å². The van der Waals surface area contributed by atoms with Gasteiger partial charge in [-0.25, -0.2) is 0 Å². The Labute approximate surface area is 158 Å². The molecule has 4 unspecified atom stereocenters. The molecule has 0 aromatic carbocycles. The smallest absolute Gasteiger partial charge is 0.0270 e. The molecule has 0 N–H and O–H groups in total. The van der Waals surface area contributed by atoms with E-state index < -0.39 is 0 Å². The Morgan fingerprint density at radius 2 is 1.09 bits per heavy atom. The van der Waals surface area contributed by atoms with Crippen molar-refractivity contribution in [3.8, 4) is 0 Å². The molecule has 0 aliphatic carbocycles. The topological polar surface area (TPSA) is 0 Å². The standard InChI is InChI=1S/C5H14P2.C4H11P.C3H9P.6CH4/c1-5(2,3)4-7-6;1-4(2)3-5;1-2-3-4;;;;;;/h7H,4,6H2,1-3H3;4H,3,5H2,1-2H3;2-4H2,1H3;6*1H4. The number of rotatable bonds is 3. The van der Waals surface area contributed by atoms with E-state index in [1.165, 1.54) is 24.9 Å². The average Bonchev–Trinajstić information content (AvgIpc) is 2.17. The van der Waals surface area contributed by atoms with Crippen molar-refractivity contribution >= 4 is 35.7 Å². The maximum atomic E-state index is 2.77. The fraction of sp³-hybridized carbons (Fsp3) is 1.00. The molecule has 0 saturated carbocycles. The summed E-state index contributed by atoms with van der Waals surface area (Å²) < 4.78 is 0. The van der Waals surface area contributed by atoms with Crippen LogP contribution in [0, 0.1) is 11.3 Å². The summed E-state index contributed by atoms with van der Waals surface area (Å²) in [7, 11) is 9.15. The quantitative estimate of drug-likeness (QED) is 0.416. The van der Waals surface area contributed by atoms with E-state index in [0.717, 1.165) is 14.2 Å². The fourth-order valence-electron chi connectivity index (χ4n) is 0.306. The molecule has 22 heavy (non-hydrogen) atoms. The molecule has 0 aromatic rings. The maximum absolute atomic E-state index is 2.77. The van der Waals surface area contributed by atoms with E-state index in [1.807, 2.05) is 0 Å². The van der Waals surface area contributed by atoms with E-state index in [2.05, 4.69) is 69.0 Å². The van der Waals surface area contributed by atoms with Crippen molar-refractivity contribution in [1.29, 1.82) is 0 Å². The van der Waals surface area contributed by atoms with Crippen molar-refractivity contribution < 1.29 is 0 Å². The summed E-state index contributed by atoms with van der Waals surface area (Å²) in [6, 6.07) is 0. The molecule has 0 spiro atoms. The van der Waals surface area contributed by atoms with Gasteiger partial charge in [0.2, 0.25) is 0 Å². The Morgan fingerprint density at radius 3 is 1.09 bits per heavy atom. The molecule has 0 rings (SSSR count). The van der Waals surface area contributed by atoms with Gasteiger partial charge in [-0.3, -0.25) is 0 Å². The van der Waals surface area contributed by atoms with Gasteiger partial charge in [0, 0.05) is 0 Å². The Morgan fingerprint density at radius 1 is 0.864 bits per heavy atom. The van der Waals surface area contributed by atoms with Crippen molar-refractivity contribution in [3.63, 3.8) is 0 Å². The lowest BCUT2D eigenvalue weighted by molar-refractivity contribution is 0.480. The lowest BCUT2D eigenvalue weighted by Gasteiger charge is -2.15. The molecule has 0 amide bonds. The highest BCUT2D eigenvalue weighted by Gasteiger charge is 2.06. The highest BCUT2D eigenvalue weighted by Crippen LogP contribution is 2.29. The van der Waals surface area contributed by atoms with Gasteiger partial charge in [-0.1, -0.05) is 92.5 Å². The summed E-state index contributed by atoms with van der Waals surface area (Å²) in [4.78, 5) is 0. The molecule has 0 radical (unpaired) electrons. The summed E-state index contributed by atoms with van der Waals surface area (Å²) in [6.45, 7) is 13.4. The van der Waals surface area contributed by atoms with E-state index in [-0.39, 0.29) is 44.6 Å². The van der Waals surface area contributed by atoms with Crippen molar-refractivity contribution in [2.45, 2.75) is 92.5 Å². The second-order valence-electron chi connectivity index (χ2n) is 5.36. The number of hydrogen-bond donors (Lipinski definition) is 0. The maximum Gasteiger partial charge on any atom is -0.0270 e. The molecule has 0 saturated heterocycles. The zero-order chi connectivity index (χ0) is 13.6. The van der Waals surface area contributed by atoms with Gasteiger partial charge in [-0.15, -0.1) is 35.7 Å². The van der Waals surface area contributed by atoms with Crippen molar-refractivity contribution in [2.24, 2.45) is 11.3 Å². The van der Waals surface area contributed by atoms with Gasteiger partial charge in [0.25, 0.3) is 0 Å². The molecule has 0 bridgehead atoms. The fourth-order valence-corrected chi connectivity index (χ4v) is 2.76. The van der Waals surface area contributed by atoms with E-state index >= 15 is 0 Å². The van der Waals surface area contributed by atoms with Crippen LogP contribution in [0.3, 0.4) is 0 Å². The zero-order valence-electron chi connectivity index (χ0n) is 12.1. The highest BCUT2D eigenvalue weighted by molar-refractivity contribution is 8.02. The highest BCUT2D eigenvalue weighted by atomic mass is 32.0. The number of hydrogen-bond acceptors (Lipinski definition) is 0. The molecule has 0 heterocycles. The van der Waals surface area contributed by atoms with Gasteiger partial charge in [0.05, 0.1) is 0 Å². The molecule has 0 aliphatic rings. The Hall–Kier alpha value is 1.72. The molecule has 0 nitrogen and oxygen atoms in total. The Bertz CT molecular complexity index is 108. The monoisotopic (exact) mass is 398 g/mol. The minimum absolute atomic E-state index is 0. The summed E-state index contributed by atoms with van der Waals surface area (Å²) in [5.41, 5.74) is 0.542. The second-order valence-corrected chi connectivity index (χ2v) is 8.40. The van der Waals surface area contributed by atoms with E-state index in [9.17, 15) is 0 Å². The van der Waals surface area contributed by atoms with Crippen LogP contribution in [-0.2, 0) is 0 Å². The third-order valence-electron chi connectivity index (χ3n) is 1.39.